The minimum Gasteiger partial charge on any atom is -0.494 e. The highest BCUT2D eigenvalue weighted by Gasteiger charge is 2.11. The third-order valence-corrected chi connectivity index (χ3v) is 3.79. The van der Waals surface area contributed by atoms with Crippen LogP contribution in [0.3, 0.4) is 0 Å². The Morgan fingerprint density at radius 2 is 2.04 bits per heavy atom. The van der Waals surface area contributed by atoms with Gasteiger partial charge >= 0.3 is 6.03 Å². The van der Waals surface area contributed by atoms with Crippen LogP contribution >= 0.6 is 0 Å². The predicted molar refractivity (Wildman–Crippen MR) is 100 cm³/mol. The number of nitrogens with zero attached hydrogens (tertiary/aromatic N) is 2. The van der Waals surface area contributed by atoms with Crippen LogP contribution in [0.1, 0.15) is 17.5 Å². The average molecular weight is 374 g/mol. The largest absolute Gasteiger partial charge is 0.494 e. The standard InChI is InChI=1S/C19H23FN4O3/c1-13-4-7-17(22-11-13)23-18(25)8-9-21-19(26)24(2)12-14-5-6-16(27-3)15(20)10-14/h4-7,10-11H,8-9,12H2,1-3H3,(H,21,26)(H,22,23,25). The Morgan fingerprint density at radius 1 is 1.26 bits per heavy atom. The zero-order chi connectivity index (χ0) is 19.8. The first kappa shape index (κ1) is 20.2. The molecule has 0 atom stereocenters. The number of nitrogens with one attached hydrogen (secondary N) is 2. The fourth-order valence-electron chi connectivity index (χ4n) is 2.32. The third-order valence-electron chi connectivity index (χ3n) is 3.79. The Labute approximate surface area is 157 Å². The Morgan fingerprint density at radius 3 is 2.67 bits per heavy atom. The molecule has 0 saturated carbocycles. The second-order valence-corrected chi connectivity index (χ2v) is 6.08. The van der Waals surface area contributed by atoms with Crippen molar-refractivity contribution in [2.45, 2.75) is 19.9 Å². The maximum atomic E-state index is 13.7. The zero-order valence-electron chi connectivity index (χ0n) is 15.6. The molecule has 1 aromatic carbocycles. The van der Waals surface area contributed by atoms with E-state index in [9.17, 15) is 14.0 Å². The molecule has 0 bridgehead atoms. The first-order valence-electron chi connectivity index (χ1n) is 8.43. The molecule has 0 aliphatic heterocycles. The molecular formula is C19H23FN4O3. The van der Waals surface area contributed by atoms with E-state index in [1.807, 2.05) is 13.0 Å². The van der Waals surface area contributed by atoms with Gasteiger partial charge < -0.3 is 20.3 Å². The van der Waals surface area contributed by atoms with Crippen LogP contribution in [0.5, 0.6) is 5.75 Å². The quantitative estimate of drug-likeness (QED) is 0.781. The van der Waals surface area contributed by atoms with Gasteiger partial charge in [0.05, 0.1) is 7.11 Å². The number of methoxy groups -OCH3 is 1. The molecule has 0 aliphatic carbocycles. The molecule has 1 heterocycles. The topological polar surface area (TPSA) is 83.6 Å². The summed E-state index contributed by atoms with van der Waals surface area (Å²) < 4.78 is 18.6. The van der Waals surface area contributed by atoms with Gasteiger partial charge in [-0.05, 0) is 36.2 Å². The number of hydrogen-bond acceptors (Lipinski definition) is 4. The van der Waals surface area contributed by atoms with Crippen LogP contribution in [0.4, 0.5) is 15.0 Å². The Bertz CT molecular complexity index is 796. The number of urea groups is 1. The summed E-state index contributed by atoms with van der Waals surface area (Å²) in [6.45, 7) is 2.31. The molecule has 0 fully saturated rings. The maximum absolute atomic E-state index is 13.7. The van der Waals surface area contributed by atoms with Gasteiger partial charge in [0, 0.05) is 32.8 Å². The number of carbonyl (C=O) groups is 2. The minimum absolute atomic E-state index is 0.117. The predicted octanol–water partition coefficient (Wildman–Crippen LogP) is 2.71. The number of aromatic nitrogens is 1. The minimum atomic E-state index is -0.481. The van der Waals surface area contributed by atoms with Crippen LogP contribution in [0.2, 0.25) is 0 Å². The van der Waals surface area contributed by atoms with Gasteiger partial charge in [-0.15, -0.1) is 0 Å². The van der Waals surface area contributed by atoms with Gasteiger partial charge in [0.15, 0.2) is 11.6 Å². The van der Waals surface area contributed by atoms with Crippen LogP contribution in [0.25, 0.3) is 0 Å². The molecule has 2 N–H and O–H groups in total. The van der Waals surface area contributed by atoms with E-state index in [0.29, 0.717) is 11.4 Å². The zero-order valence-corrected chi connectivity index (χ0v) is 15.6. The summed E-state index contributed by atoms with van der Waals surface area (Å²) in [4.78, 5) is 29.4. The van der Waals surface area contributed by atoms with E-state index >= 15 is 0 Å². The molecule has 0 saturated heterocycles. The summed E-state index contributed by atoms with van der Waals surface area (Å²) in [6.07, 6.45) is 1.78. The first-order valence-corrected chi connectivity index (χ1v) is 8.43. The van der Waals surface area contributed by atoms with Crippen LogP contribution < -0.4 is 15.4 Å². The Kier molecular flexibility index (Phi) is 7.10. The Balaban J connectivity index is 1.75. The van der Waals surface area contributed by atoms with Crippen molar-refractivity contribution < 1.29 is 18.7 Å². The van der Waals surface area contributed by atoms with Crippen molar-refractivity contribution in [1.82, 2.24) is 15.2 Å². The van der Waals surface area contributed by atoms with Crippen LogP contribution in [-0.4, -0.2) is 42.5 Å². The van der Waals surface area contributed by atoms with Gasteiger partial charge in [0.2, 0.25) is 5.91 Å². The second kappa shape index (κ2) is 9.51. The summed E-state index contributed by atoms with van der Waals surface area (Å²) in [5.74, 6) is -0.104. The van der Waals surface area contributed by atoms with Gasteiger partial charge in [-0.1, -0.05) is 12.1 Å². The van der Waals surface area contributed by atoms with Crippen LogP contribution in [-0.2, 0) is 11.3 Å². The number of halogens is 1. The Hall–Kier alpha value is -3.16. The van der Waals surface area contributed by atoms with Crippen molar-refractivity contribution in [3.8, 4) is 5.75 Å². The molecule has 0 spiro atoms. The van der Waals surface area contributed by atoms with E-state index in [0.717, 1.165) is 5.56 Å². The highest BCUT2D eigenvalue weighted by atomic mass is 19.1. The van der Waals surface area contributed by atoms with E-state index in [4.69, 9.17) is 4.74 Å². The highest BCUT2D eigenvalue weighted by molar-refractivity contribution is 5.90. The molecule has 0 aliphatic rings. The molecule has 0 radical (unpaired) electrons. The molecule has 144 valence electrons. The average Bonchev–Trinajstić information content (AvgIpc) is 2.63. The van der Waals surface area contributed by atoms with Crippen LogP contribution in [0, 0.1) is 12.7 Å². The highest BCUT2D eigenvalue weighted by Crippen LogP contribution is 2.18. The smallest absolute Gasteiger partial charge is 0.317 e. The summed E-state index contributed by atoms with van der Waals surface area (Å²) in [6, 6.07) is 7.74. The molecule has 3 amide bonds. The van der Waals surface area contributed by atoms with Gasteiger partial charge in [-0.3, -0.25) is 4.79 Å². The van der Waals surface area contributed by atoms with Crippen molar-refractivity contribution in [3.05, 3.63) is 53.5 Å². The van der Waals surface area contributed by atoms with E-state index in [2.05, 4.69) is 15.6 Å². The van der Waals surface area contributed by atoms with E-state index < -0.39 is 5.82 Å². The fraction of sp³-hybridized carbons (Fsp3) is 0.316. The third kappa shape index (κ3) is 6.25. The van der Waals surface area contributed by atoms with E-state index in [1.165, 1.54) is 24.1 Å². The number of hydrogen-bond donors (Lipinski definition) is 2. The molecule has 1 aromatic heterocycles. The van der Waals surface area contributed by atoms with E-state index in [-0.39, 0.29) is 37.2 Å². The molecule has 2 rings (SSSR count). The first-order chi connectivity index (χ1) is 12.9. The summed E-state index contributed by atoms with van der Waals surface area (Å²) in [7, 11) is 2.98. The SMILES string of the molecule is COc1ccc(CN(C)C(=O)NCCC(=O)Nc2ccc(C)cn2)cc1F. The van der Waals surface area contributed by atoms with E-state index in [1.54, 1.807) is 25.4 Å². The molecule has 0 unspecified atom stereocenters. The lowest BCUT2D eigenvalue weighted by Gasteiger charge is -2.18. The van der Waals surface area contributed by atoms with Gasteiger partial charge in [-0.2, -0.15) is 0 Å². The number of carbonyl (C=O) groups excluding carboxylic acids is 2. The molecule has 7 nitrogen and oxygen atoms in total. The van der Waals surface area contributed by atoms with Crippen molar-refractivity contribution >= 4 is 17.8 Å². The van der Waals surface area contributed by atoms with Crippen molar-refractivity contribution in [2.24, 2.45) is 0 Å². The molecular weight excluding hydrogens is 351 g/mol. The number of aryl methyl sites for hydroxylation is 1. The monoisotopic (exact) mass is 374 g/mol. The number of amides is 3. The van der Waals surface area contributed by atoms with Crippen molar-refractivity contribution in [1.29, 1.82) is 0 Å². The van der Waals surface area contributed by atoms with Gasteiger partial charge in [0.25, 0.3) is 0 Å². The molecule has 8 heteroatoms. The number of ether oxygens (including phenoxy) is 1. The lowest BCUT2D eigenvalue weighted by atomic mass is 10.2. The lowest BCUT2D eigenvalue weighted by molar-refractivity contribution is -0.116. The number of benzene rings is 1. The van der Waals surface area contributed by atoms with Gasteiger partial charge in [0.1, 0.15) is 5.82 Å². The second-order valence-electron chi connectivity index (χ2n) is 6.08. The summed E-state index contributed by atoms with van der Waals surface area (Å²) >= 11 is 0. The number of pyridine rings is 1. The fourth-order valence-corrected chi connectivity index (χ4v) is 2.32. The molecule has 27 heavy (non-hydrogen) atoms. The number of anilines is 1. The number of rotatable bonds is 7. The lowest BCUT2D eigenvalue weighted by Crippen LogP contribution is -2.38. The van der Waals surface area contributed by atoms with Crippen molar-refractivity contribution in [2.75, 3.05) is 26.0 Å². The normalized spacial score (nSPS) is 10.2. The summed E-state index contributed by atoms with van der Waals surface area (Å²) in [5.41, 5.74) is 1.63. The van der Waals surface area contributed by atoms with Crippen LogP contribution in [0.15, 0.2) is 36.5 Å². The summed E-state index contributed by atoms with van der Waals surface area (Å²) in [5, 5.41) is 5.31. The molecule has 2 aromatic rings. The van der Waals surface area contributed by atoms with Crippen molar-refractivity contribution in [3.63, 3.8) is 0 Å². The maximum Gasteiger partial charge on any atom is 0.317 e. The van der Waals surface area contributed by atoms with Gasteiger partial charge in [-0.25, -0.2) is 14.2 Å².